The summed E-state index contributed by atoms with van der Waals surface area (Å²) in [5.41, 5.74) is 2.06. The van der Waals surface area contributed by atoms with E-state index in [4.69, 9.17) is 11.6 Å². The van der Waals surface area contributed by atoms with E-state index in [1.165, 1.54) is 6.07 Å². The predicted molar refractivity (Wildman–Crippen MR) is 77.5 cm³/mol. The summed E-state index contributed by atoms with van der Waals surface area (Å²) in [6.07, 6.45) is 1.54. The lowest BCUT2D eigenvalue weighted by Gasteiger charge is -2.10. The van der Waals surface area contributed by atoms with Crippen LogP contribution in [-0.4, -0.2) is 0 Å². The van der Waals surface area contributed by atoms with E-state index in [0.29, 0.717) is 4.47 Å². The van der Waals surface area contributed by atoms with Crippen LogP contribution in [0.4, 0.5) is 4.39 Å². The molecule has 0 N–H and O–H groups in total. The van der Waals surface area contributed by atoms with Gasteiger partial charge in [0.15, 0.2) is 0 Å². The SMILES string of the molecule is Fc1cccc(CCC(Cl)c2ccccc2)c1Br. The van der Waals surface area contributed by atoms with Gasteiger partial charge in [0.1, 0.15) is 5.82 Å². The summed E-state index contributed by atoms with van der Waals surface area (Å²) in [7, 11) is 0. The lowest BCUT2D eigenvalue weighted by molar-refractivity contribution is 0.616. The Labute approximate surface area is 120 Å². The van der Waals surface area contributed by atoms with Gasteiger partial charge in [0.05, 0.1) is 9.85 Å². The summed E-state index contributed by atoms with van der Waals surface area (Å²) in [5, 5.41) is -0.0404. The Kier molecular flexibility index (Phi) is 4.79. The molecular formula is C15H13BrClF. The molecule has 0 saturated carbocycles. The molecule has 3 heteroatoms. The van der Waals surface area contributed by atoms with Gasteiger partial charge in [-0.05, 0) is 46.0 Å². The summed E-state index contributed by atoms with van der Waals surface area (Å²) >= 11 is 9.61. The highest BCUT2D eigenvalue weighted by atomic mass is 79.9. The van der Waals surface area contributed by atoms with Crippen LogP contribution >= 0.6 is 27.5 Å². The first kappa shape index (κ1) is 13.6. The Morgan fingerprint density at radius 2 is 1.78 bits per heavy atom. The minimum Gasteiger partial charge on any atom is -0.206 e. The number of alkyl halides is 1. The zero-order valence-electron chi connectivity index (χ0n) is 9.74. The van der Waals surface area contributed by atoms with Crippen molar-refractivity contribution < 1.29 is 4.39 Å². The van der Waals surface area contributed by atoms with Crippen molar-refractivity contribution in [2.75, 3.05) is 0 Å². The molecule has 0 aromatic heterocycles. The minimum atomic E-state index is -0.224. The average Bonchev–Trinajstić information content (AvgIpc) is 2.41. The van der Waals surface area contributed by atoms with Gasteiger partial charge in [0.2, 0.25) is 0 Å². The van der Waals surface area contributed by atoms with Gasteiger partial charge in [-0.1, -0.05) is 42.5 Å². The lowest BCUT2D eigenvalue weighted by Crippen LogP contribution is -1.95. The fraction of sp³-hybridized carbons (Fsp3) is 0.200. The van der Waals surface area contributed by atoms with Crippen LogP contribution in [-0.2, 0) is 6.42 Å². The maximum Gasteiger partial charge on any atom is 0.137 e. The van der Waals surface area contributed by atoms with Crippen LogP contribution in [0.3, 0.4) is 0 Å². The molecule has 0 heterocycles. The molecule has 0 aliphatic heterocycles. The number of hydrogen-bond acceptors (Lipinski definition) is 0. The molecule has 0 spiro atoms. The number of hydrogen-bond donors (Lipinski definition) is 0. The van der Waals surface area contributed by atoms with Crippen LogP contribution in [0.2, 0.25) is 0 Å². The van der Waals surface area contributed by atoms with Crippen molar-refractivity contribution in [1.29, 1.82) is 0 Å². The Balaban J connectivity index is 2.02. The van der Waals surface area contributed by atoms with Crippen molar-refractivity contribution in [1.82, 2.24) is 0 Å². The summed E-state index contributed by atoms with van der Waals surface area (Å²) in [6, 6.07) is 15.0. The summed E-state index contributed by atoms with van der Waals surface area (Å²) in [5.74, 6) is -0.224. The van der Waals surface area contributed by atoms with E-state index in [0.717, 1.165) is 24.0 Å². The molecular weight excluding hydrogens is 315 g/mol. The van der Waals surface area contributed by atoms with Gasteiger partial charge >= 0.3 is 0 Å². The third kappa shape index (κ3) is 3.33. The van der Waals surface area contributed by atoms with Crippen molar-refractivity contribution in [3.05, 3.63) is 69.9 Å². The van der Waals surface area contributed by atoms with Gasteiger partial charge in [0.25, 0.3) is 0 Å². The molecule has 0 aliphatic rings. The Morgan fingerprint density at radius 3 is 2.50 bits per heavy atom. The van der Waals surface area contributed by atoms with Gasteiger partial charge in [-0.25, -0.2) is 4.39 Å². The normalized spacial score (nSPS) is 12.4. The van der Waals surface area contributed by atoms with E-state index in [2.05, 4.69) is 15.9 Å². The van der Waals surface area contributed by atoms with E-state index in [1.54, 1.807) is 6.07 Å². The quantitative estimate of drug-likeness (QED) is 0.650. The van der Waals surface area contributed by atoms with Crippen LogP contribution in [0.25, 0.3) is 0 Å². The molecule has 0 bridgehead atoms. The molecule has 18 heavy (non-hydrogen) atoms. The topological polar surface area (TPSA) is 0 Å². The van der Waals surface area contributed by atoms with E-state index in [1.807, 2.05) is 36.4 Å². The summed E-state index contributed by atoms with van der Waals surface area (Å²) < 4.78 is 13.9. The van der Waals surface area contributed by atoms with Gasteiger partial charge < -0.3 is 0 Å². The van der Waals surface area contributed by atoms with Gasteiger partial charge in [-0.15, -0.1) is 11.6 Å². The Bertz CT molecular complexity index is 513. The zero-order chi connectivity index (χ0) is 13.0. The minimum absolute atomic E-state index is 0.0404. The van der Waals surface area contributed by atoms with Crippen LogP contribution in [0, 0.1) is 5.82 Å². The second kappa shape index (κ2) is 6.35. The zero-order valence-corrected chi connectivity index (χ0v) is 12.1. The third-order valence-electron chi connectivity index (χ3n) is 2.86. The average molecular weight is 328 g/mol. The molecule has 0 fully saturated rings. The largest absolute Gasteiger partial charge is 0.206 e. The van der Waals surface area contributed by atoms with E-state index in [9.17, 15) is 4.39 Å². The van der Waals surface area contributed by atoms with Crippen LogP contribution in [0.1, 0.15) is 22.9 Å². The van der Waals surface area contributed by atoms with Crippen LogP contribution < -0.4 is 0 Å². The van der Waals surface area contributed by atoms with Crippen molar-refractivity contribution >= 4 is 27.5 Å². The van der Waals surface area contributed by atoms with Crippen LogP contribution in [0.15, 0.2) is 53.0 Å². The highest BCUT2D eigenvalue weighted by Crippen LogP contribution is 2.28. The van der Waals surface area contributed by atoms with E-state index in [-0.39, 0.29) is 11.2 Å². The molecule has 2 aromatic carbocycles. The van der Waals surface area contributed by atoms with Crippen LogP contribution in [0.5, 0.6) is 0 Å². The van der Waals surface area contributed by atoms with E-state index >= 15 is 0 Å². The molecule has 0 radical (unpaired) electrons. The molecule has 2 rings (SSSR count). The highest BCUT2D eigenvalue weighted by molar-refractivity contribution is 9.10. The molecule has 94 valence electrons. The van der Waals surface area contributed by atoms with Gasteiger partial charge in [-0.3, -0.25) is 0 Å². The molecule has 2 aromatic rings. The van der Waals surface area contributed by atoms with Crippen molar-refractivity contribution in [3.63, 3.8) is 0 Å². The molecule has 1 atom stereocenters. The standard InChI is InChI=1S/C15H13BrClF/c16-15-12(7-4-8-14(15)18)9-10-13(17)11-5-2-1-3-6-11/h1-8,13H,9-10H2. The molecule has 0 aliphatic carbocycles. The summed E-state index contributed by atoms with van der Waals surface area (Å²) in [6.45, 7) is 0. The molecule has 1 unspecified atom stereocenters. The number of halogens is 3. The molecule has 0 saturated heterocycles. The monoisotopic (exact) mass is 326 g/mol. The molecule has 0 nitrogen and oxygen atoms in total. The number of benzene rings is 2. The smallest absolute Gasteiger partial charge is 0.137 e. The maximum absolute atomic E-state index is 13.3. The second-order valence-corrected chi connectivity index (χ2v) is 5.45. The maximum atomic E-state index is 13.3. The fourth-order valence-corrected chi connectivity index (χ4v) is 2.57. The van der Waals surface area contributed by atoms with Gasteiger partial charge in [0, 0.05) is 0 Å². The summed E-state index contributed by atoms with van der Waals surface area (Å²) in [4.78, 5) is 0. The van der Waals surface area contributed by atoms with Crippen molar-refractivity contribution in [2.24, 2.45) is 0 Å². The second-order valence-electron chi connectivity index (χ2n) is 4.13. The number of rotatable bonds is 4. The van der Waals surface area contributed by atoms with Crippen molar-refractivity contribution in [3.8, 4) is 0 Å². The molecule has 0 amide bonds. The first-order chi connectivity index (χ1) is 8.68. The van der Waals surface area contributed by atoms with Gasteiger partial charge in [-0.2, -0.15) is 0 Å². The number of aryl methyl sites for hydroxylation is 1. The Morgan fingerprint density at radius 1 is 1.06 bits per heavy atom. The first-order valence-corrected chi connectivity index (χ1v) is 7.03. The van der Waals surface area contributed by atoms with E-state index < -0.39 is 0 Å². The third-order valence-corrected chi connectivity index (χ3v) is 4.22. The van der Waals surface area contributed by atoms with Crippen molar-refractivity contribution in [2.45, 2.75) is 18.2 Å². The Hall–Kier alpha value is -0.860. The fourth-order valence-electron chi connectivity index (χ4n) is 1.85. The highest BCUT2D eigenvalue weighted by Gasteiger charge is 2.10. The first-order valence-electron chi connectivity index (χ1n) is 5.80. The predicted octanol–water partition coefficient (Wildman–Crippen LogP) is 5.50. The lowest BCUT2D eigenvalue weighted by atomic mass is 10.0.